The minimum Gasteiger partial charge on any atom is -0.369 e. The van der Waals surface area contributed by atoms with Crippen molar-refractivity contribution in [3.05, 3.63) is 47.6 Å². The summed E-state index contributed by atoms with van der Waals surface area (Å²) < 4.78 is 5.42. The number of anilines is 3. The molecule has 2 rings (SSSR count). The van der Waals surface area contributed by atoms with Gasteiger partial charge in [-0.1, -0.05) is 53.3 Å². The number of nitrogens with one attached hydrogen (secondary N) is 4. The molecule has 0 bridgehead atoms. The molecule has 0 amide bonds. The Bertz CT molecular complexity index is 932. The topological polar surface area (TPSA) is 129 Å². The van der Waals surface area contributed by atoms with Crippen molar-refractivity contribution >= 4 is 17.6 Å². The highest BCUT2D eigenvalue weighted by Gasteiger charge is 2.10. The van der Waals surface area contributed by atoms with Crippen molar-refractivity contribution in [3.63, 3.8) is 0 Å². The van der Waals surface area contributed by atoms with Gasteiger partial charge in [0.2, 0.25) is 5.95 Å². The number of likely N-dealkylation sites (N-methyl/N-ethyl adjacent to an activating group) is 1. The summed E-state index contributed by atoms with van der Waals surface area (Å²) in [4.78, 5) is 11.6. The second-order valence-electron chi connectivity index (χ2n) is 8.69. The summed E-state index contributed by atoms with van der Waals surface area (Å²) in [6.07, 6.45) is 1.87. The summed E-state index contributed by atoms with van der Waals surface area (Å²) in [5.41, 5.74) is 5.17. The maximum Gasteiger partial charge on any atom is 0.227 e. The Labute approximate surface area is 203 Å². The first-order chi connectivity index (χ1) is 16.2. The van der Waals surface area contributed by atoms with Crippen molar-refractivity contribution < 1.29 is 4.52 Å². The molecule has 2 aromatic heterocycles. The number of rotatable bonds is 15. The molecule has 0 aliphatic carbocycles. The Balaban J connectivity index is 2.17. The van der Waals surface area contributed by atoms with Crippen LogP contribution in [0, 0.1) is 5.92 Å². The Kier molecular flexibility index (Phi) is 10.8. The van der Waals surface area contributed by atoms with Gasteiger partial charge in [0.25, 0.3) is 0 Å². The van der Waals surface area contributed by atoms with E-state index in [1.807, 2.05) is 18.2 Å². The molecule has 2 heterocycles. The summed E-state index contributed by atoms with van der Waals surface area (Å²) in [5, 5.41) is 14.0. The number of allylic oxidation sites excluding steroid dienone is 2. The number of aromatic nitrogens is 3. The van der Waals surface area contributed by atoms with Crippen LogP contribution in [0.5, 0.6) is 0 Å². The van der Waals surface area contributed by atoms with Gasteiger partial charge in [-0.05, 0) is 31.0 Å². The molecule has 0 spiro atoms. The van der Waals surface area contributed by atoms with Gasteiger partial charge in [0, 0.05) is 36.6 Å². The van der Waals surface area contributed by atoms with Crippen molar-refractivity contribution in [3.8, 4) is 0 Å². The second-order valence-corrected chi connectivity index (χ2v) is 8.69. The fourth-order valence-electron chi connectivity index (χ4n) is 3.18. The van der Waals surface area contributed by atoms with E-state index in [9.17, 15) is 0 Å². The van der Waals surface area contributed by atoms with Crippen LogP contribution in [0.3, 0.4) is 0 Å². The van der Waals surface area contributed by atoms with E-state index in [1.54, 1.807) is 0 Å². The van der Waals surface area contributed by atoms with Gasteiger partial charge in [-0.2, -0.15) is 9.97 Å². The third-order valence-electron chi connectivity index (χ3n) is 5.35. The predicted octanol–water partition coefficient (Wildman–Crippen LogP) is 3.88. The van der Waals surface area contributed by atoms with Gasteiger partial charge in [0.05, 0.1) is 12.2 Å². The van der Waals surface area contributed by atoms with Gasteiger partial charge in [0.15, 0.2) is 5.76 Å². The monoisotopic (exact) mass is 471 g/mol. The van der Waals surface area contributed by atoms with Crippen LogP contribution in [0.2, 0.25) is 0 Å². The lowest BCUT2D eigenvalue weighted by atomic mass is 10.1. The minimum atomic E-state index is 0.237. The van der Waals surface area contributed by atoms with Gasteiger partial charge in [0.1, 0.15) is 11.6 Å². The molecule has 0 saturated carbocycles. The van der Waals surface area contributed by atoms with Crippen molar-refractivity contribution in [1.82, 2.24) is 25.5 Å². The SMILES string of the molecule is C=C(/C=C(\NN)C(C)C)Nc1cc(NCCN(CC)CC)nc(NCc2cc(C(C)C)no2)n1. The summed E-state index contributed by atoms with van der Waals surface area (Å²) >= 11 is 0. The van der Waals surface area contributed by atoms with E-state index >= 15 is 0 Å². The summed E-state index contributed by atoms with van der Waals surface area (Å²) in [7, 11) is 0. The largest absolute Gasteiger partial charge is 0.369 e. The molecule has 188 valence electrons. The lowest BCUT2D eigenvalue weighted by molar-refractivity contribution is 0.316. The fourth-order valence-corrected chi connectivity index (χ4v) is 3.18. The zero-order chi connectivity index (χ0) is 25.1. The maximum atomic E-state index is 5.63. The molecule has 0 aliphatic heterocycles. The van der Waals surface area contributed by atoms with E-state index in [0.717, 1.165) is 43.3 Å². The van der Waals surface area contributed by atoms with E-state index in [-0.39, 0.29) is 5.92 Å². The van der Waals surface area contributed by atoms with Crippen LogP contribution in [0.25, 0.3) is 0 Å². The average Bonchev–Trinajstić information content (AvgIpc) is 3.28. The van der Waals surface area contributed by atoms with Gasteiger partial charge in [-0.25, -0.2) is 0 Å². The smallest absolute Gasteiger partial charge is 0.227 e. The molecular weight excluding hydrogens is 430 g/mol. The molecule has 10 nitrogen and oxygen atoms in total. The maximum absolute atomic E-state index is 5.63. The van der Waals surface area contributed by atoms with E-state index < -0.39 is 0 Å². The molecule has 10 heteroatoms. The quantitative estimate of drug-likeness (QED) is 0.148. The first-order valence-corrected chi connectivity index (χ1v) is 11.9. The summed E-state index contributed by atoms with van der Waals surface area (Å²) in [5.74, 6) is 8.70. The molecule has 6 N–H and O–H groups in total. The van der Waals surface area contributed by atoms with Crippen LogP contribution < -0.4 is 27.2 Å². The molecule has 0 radical (unpaired) electrons. The molecule has 2 aromatic rings. The van der Waals surface area contributed by atoms with Crippen LogP contribution in [0.15, 0.2) is 40.7 Å². The summed E-state index contributed by atoms with van der Waals surface area (Å²) in [6, 6.07) is 3.81. The molecule has 34 heavy (non-hydrogen) atoms. The van der Waals surface area contributed by atoms with Gasteiger partial charge in [-0.15, -0.1) is 0 Å². The minimum absolute atomic E-state index is 0.237. The van der Waals surface area contributed by atoms with E-state index in [4.69, 9.17) is 10.4 Å². The van der Waals surface area contributed by atoms with E-state index in [0.29, 0.717) is 35.7 Å². The first-order valence-electron chi connectivity index (χ1n) is 11.9. The third-order valence-corrected chi connectivity index (χ3v) is 5.35. The van der Waals surface area contributed by atoms with Crippen molar-refractivity contribution in [2.24, 2.45) is 11.8 Å². The van der Waals surface area contributed by atoms with Crippen molar-refractivity contribution in [1.29, 1.82) is 0 Å². The van der Waals surface area contributed by atoms with Gasteiger partial charge >= 0.3 is 0 Å². The van der Waals surface area contributed by atoms with E-state index in [1.165, 1.54) is 0 Å². The highest BCUT2D eigenvalue weighted by atomic mass is 16.5. The molecule has 0 fully saturated rings. The highest BCUT2D eigenvalue weighted by molar-refractivity contribution is 5.55. The lowest BCUT2D eigenvalue weighted by Crippen LogP contribution is -2.28. The number of hydrazine groups is 1. The standard InChI is InChI=1S/C24H41N9O/c1-8-33(9-2)11-10-26-22-14-23(28-18(7)12-20(31-25)16(3)4)30-24(29-22)27-15-19-13-21(17(5)6)32-34-19/h12-14,16-17,31H,7-11,15,25H2,1-6H3,(H3,26,27,28,29,30)/b20-12-. The predicted molar refractivity (Wildman–Crippen MR) is 139 cm³/mol. The number of nitrogens with two attached hydrogens (primary N) is 1. The Morgan fingerprint density at radius 1 is 1.12 bits per heavy atom. The van der Waals surface area contributed by atoms with Gasteiger partial charge < -0.3 is 30.8 Å². The zero-order valence-corrected chi connectivity index (χ0v) is 21.4. The lowest BCUT2D eigenvalue weighted by Gasteiger charge is -2.18. The van der Waals surface area contributed by atoms with Crippen LogP contribution in [0.1, 0.15) is 58.9 Å². The Morgan fingerprint density at radius 2 is 1.82 bits per heavy atom. The van der Waals surface area contributed by atoms with E-state index in [2.05, 4.69) is 89.5 Å². The van der Waals surface area contributed by atoms with Crippen LogP contribution in [0.4, 0.5) is 17.6 Å². The zero-order valence-electron chi connectivity index (χ0n) is 21.4. The number of hydrogen-bond donors (Lipinski definition) is 5. The van der Waals surface area contributed by atoms with Crippen molar-refractivity contribution in [2.45, 2.75) is 54.0 Å². The molecule has 0 saturated heterocycles. The third kappa shape index (κ3) is 8.68. The number of nitrogens with zero attached hydrogens (tertiary/aromatic N) is 4. The van der Waals surface area contributed by atoms with Crippen LogP contribution in [-0.4, -0.2) is 46.2 Å². The second kappa shape index (κ2) is 13.6. The molecular formula is C24H41N9O. The van der Waals surface area contributed by atoms with Gasteiger partial charge in [-0.3, -0.25) is 5.84 Å². The summed E-state index contributed by atoms with van der Waals surface area (Å²) in [6.45, 7) is 20.8. The molecule has 0 aromatic carbocycles. The van der Waals surface area contributed by atoms with Crippen LogP contribution in [-0.2, 0) is 6.54 Å². The number of hydrogen-bond acceptors (Lipinski definition) is 10. The Hall–Kier alpha value is -3.11. The normalized spacial score (nSPS) is 11.9. The Morgan fingerprint density at radius 3 is 2.41 bits per heavy atom. The molecule has 0 atom stereocenters. The van der Waals surface area contributed by atoms with Crippen LogP contribution >= 0.6 is 0 Å². The molecule has 0 unspecified atom stereocenters. The molecule has 0 aliphatic rings. The van der Waals surface area contributed by atoms with Crippen molar-refractivity contribution in [2.75, 3.05) is 42.1 Å². The average molecular weight is 472 g/mol. The highest BCUT2D eigenvalue weighted by Crippen LogP contribution is 2.19. The first kappa shape index (κ1) is 27.1. The fraction of sp³-hybridized carbons (Fsp3) is 0.542.